The van der Waals surface area contributed by atoms with Gasteiger partial charge in [-0.2, -0.15) is 5.10 Å². The van der Waals surface area contributed by atoms with Gasteiger partial charge in [0.25, 0.3) is 0 Å². The van der Waals surface area contributed by atoms with E-state index in [0.29, 0.717) is 0 Å². The van der Waals surface area contributed by atoms with Crippen molar-refractivity contribution in [2.75, 3.05) is 5.32 Å². The van der Waals surface area contributed by atoms with Crippen molar-refractivity contribution in [1.82, 2.24) is 19.7 Å². The Morgan fingerprint density at radius 3 is 2.90 bits per heavy atom. The topological polar surface area (TPSA) is 55.6 Å². The molecule has 3 heterocycles. The molecule has 6 heteroatoms. The van der Waals surface area contributed by atoms with Crippen LogP contribution in [0.3, 0.4) is 0 Å². The van der Waals surface area contributed by atoms with Gasteiger partial charge in [0.05, 0.1) is 11.6 Å². The number of rotatable bonds is 4. The van der Waals surface area contributed by atoms with Gasteiger partial charge >= 0.3 is 0 Å². The number of aromatic nitrogens is 4. The lowest BCUT2D eigenvalue weighted by Crippen LogP contribution is -2.05. The van der Waals surface area contributed by atoms with E-state index < -0.39 is 0 Å². The number of nitrogens with one attached hydrogen (secondary N) is 1. The third kappa shape index (κ3) is 2.27. The van der Waals surface area contributed by atoms with Crippen LogP contribution in [0.2, 0.25) is 0 Å². The Morgan fingerprint density at radius 1 is 1.35 bits per heavy atom. The molecule has 0 atom stereocenters. The predicted octanol–water partition coefficient (Wildman–Crippen LogP) is 2.91. The van der Waals surface area contributed by atoms with Gasteiger partial charge in [0.2, 0.25) is 0 Å². The molecule has 0 saturated heterocycles. The van der Waals surface area contributed by atoms with Crippen LogP contribution in [0.5, 0.6) is 0 Å². The molecule has 0 spiro atoms. The van der Waals surface area contributed by atoms with E-state index in [1.807, 2.05) is 17.9 Å². The van der Waals surface area contributed by atoms with Gasteiger partial charge in [-0.25, -0.2) is 9.97 Å². The fourth-order valence-electron chi connectivity index (χ4n) is 2.09. The van der Waals surface area contributed by atoms with Gasteiger partial charge < -0.3 is 5.32 Å². The summed E-state index contributed by atoms with van der Waals surface area (Å²) in [7, 11) is 1.95. The smallest absolute Gasteiger partial charge is 0.138 e. The summed E-state index contributed by atoms with van der Waals surface area (Å²) in [5.41, 5.74) is 2.36. The Balaban J connectivity index is 1.90. The van der Waals surface area contributed by atoms with Crippen molar-refractivity contribution in [3.63, 3.8) is 0 Å². The predicted molar refractivity (Wildman–Crippen MR) is 82.1 cm³/mol. The van der Waals surface area contributed by atoms with Gasteiger partial charge in [0.15, 0.2) is 0 Å². The van der Waals surface area contributed by atoms with E-state index in [0.717, 1.165) is 34.8 Å². The monoisotopic (exact) mass is 287 g/mol. The van der Waals surface area contributed by atoms with Crippen LogP contribution in [0.15, 0.2) is 17.6 Å². The highest BCUT2D eigenvalue weighted by molar-refractivity contribution is 7.16. The molecule has 104 valence electrons. The Labute approximate surface area is 121 Å². The Bertz CT molecular complexity index is 743. The standard InChI is InChI=1S/C14H17N5S/c1-4-12-17-13(11-5-6-20-14(11)18-12)15-7-10-8-16-19(3)9(10)2/h5-6,8H,4,7H2,1-3H3,(H,15,17,18). The maximum absolute atomic E-state index is 4.60. The molecule has 5 nitrogen and oxygen atoms in total. The number of nitrogens with zero attached hydrogens (tertiary/aromatic N) is 4. The fourth-order valence-corrected chi connectivity index (χ4v) is 2.87. The van der Waals surface area contributed by atoms with E-state index in [-0.39, 0.29) is 0 Å². The second kappa shape index (κ2) is 5.20. The number of aryl methyl sites for hydroxylation is 2. The molecule has 3 aromatic heterocycles. The van der Waals surface area contributed by atoms with Crippen LogP contribution in [0.1, 0.15) is 24.0 Å². The Hall–Kier alpha value is -1.95. The lowest BCUT2D eigenvalue weighted by atomic mass is 10.2. The highest BCUT2D eigenvalue weighted by Crippen LogP contribution is 2.25. The van der Waals surface area contributed by atoms with Crippen molar-refractivity contribution in [2.45, 2.75) is 26.8 Å². The molecule has 0 saturated carbocycles. The number of thiophene rings is 1. The molecule has 3 aromatic rings. The maximum atomic E-state index is 4.60. The number of anilines is 1. The van der Waals surface area contributed by atoms with Crippen LogP contribution >= 0.6 is 11.3 Å². The molecule has 0 radical (unpaired) electrons. The maximum Gasteiger partial charge on any atom is 0.138 e. The second-order valence-corrected chi connectivity index (χ2v) is 5.61. The van der Waals surface area contributed by atoms with Gasteiger partial charge in [-0.15, -0.1) is 11.3 Å². The molecule has 0 fully saturated rings. The Morgan fingerprint density at radius 2 is 2.20 bits per heavy atom. The van der Waals surface area contributed by atoms with E-state index in [2.05, 4.69) is 45.7 Å². The van der Waals surface area contributed by atoms with Crippen LogP contribution in [0.4, 0.5) is 5.82 Å². The molecular formula is C14H17N5S. The first-order valence-corrected chi connectivity index (χ1v) is 7.52. The van der Waals surface area contributed by atoms with E-state index in [9.17, 15) is 0 Å². The Kier molecular flexibility index (Phi) is 3.40. The highest BCUT2D eigenvalue weighted by atomic mass is 32.1. The minimum atomic E-state index is 0.727. The molecule has 0 amide bonds. The summed E-state index contributed by atoms with van der Waals surface area (Å²) in [5, 5.41) is 10.8. The van der Waals surface area contributed by atoms with Crippen molar-refractivity contribution in [3.05, 3.63) is 34.7 Å². The van der Waals surface area contributed by atoms with Crippen molar-refractivity contribution in [2.24, 2.45) is 7.05 Å². The molecule has 0 aliphatic heterocycles. The number of hydrogen-bond acceptors (Lipinski definition) is 5. The zero-order valence-electron chi connectivity index (χ0n) is 11.8. The fraction of sp³-hybridized carbons (Fsp3) is 0.357. The summed E-state index contributed by atoms with van der Waals surface area (Å²) in [6, 6.07) is 2.07. The summed E-state index contributed by atoms with van der Waals surface area (Å²) in [4.78, 5) is 10.2. The highest BCUT2D eigenvalue weighted by Gasteiger charge is 2.09. The summed E-state index contributed by atoms with van der Waals surface area (Å²) in [6.07, 6.45) is 2.74. The molecule has 20 heavy (non-hydrogen) atoms. The average molecular weight is 287 g/mol. The first kappa shape index (κ1) is 13.1. The lowest BCUT2D eigenvalue weighted by molar-refractivity contribution is 0.738. The first-order valence-electron chi connectivity index (χ1n) is 6.64. The summed E-state index contributed by atoms with van der Waals surface area (Å²) in [5.74, 6) is 1.79. The molecular weight excluding hydrogens is 270 g/mol. The zero-order chi connectivity index (χ0) is 14.1. The van der Waals surface area contributed by atoms with Crippen LogP contribution in [-0.2, 0) is 20.0 Å². The lowest BCUT2D eigenvalue weighted by Gasteiger charge is -2.08. The minimum Gasteiger partial charge on any atom is -0.365 e. The SMILES string of the molecule is CCc1nc(NCc2cnn(C)c2C)c2ccsc2n1. The summed E-state index contributed by atoms with van der Waals surface area (Å²) in [6.45, 7) is 4.87. The third-order valence-corrected chi connectivity index (χ3v) is 4.28. The van der Waals surface area contributed by atoms with Crippen molar-refractivity contribution < 1.29 is 0 Å². The van der Waals surface area contributed by atoms with E-state index in [4.69, 9.17) is 0 Å². The van der Waals surface area contributed by atoms with Gasteiger partial charge in [-0.05, 0) is 18.4 Å². The second-order valence-electron chi connectivity index (χ2n) is 4.71. The van der Waals surface area contributed by atoms with E-state index in [1.165, 1.54) is 11.3 Å². The molecule has 0 unspecified atom stereocenters. The zero-order valence-corrected chi connectivity index (χ0v) is 12.7. The quantitative estimate of drug-likeness (QED) is 0.801. The van der Waals surface area contributed by atoms with Crippen LogP contribution in [0, 0.1) is 6.92 Å². The molecule has 3 rings (SSSR count). The van der Waals surface area contributed by atoms with Gasteiger partial charge in [0.1, 0.15) is 16.5 Å². The van der Waals surface area contributed by atoms with Crippen LogP contribution in [0.25, 0.3) is 10.2 Å². The molecule has 1 N–H and O–H groups in total. The van der Waals surface area contributed by atoms with Crippen LogP contribution < -0.4 is 5.32 Å². The number of fused-ring (bicyclic) bond motifs is 1. The molecule has 0 aromatic carbocycles. The average Bonchev–Trinajstić information content (AvgIpc) is 3.05. The normalized spacial score (nSPS) is 11.2. The minimum absolute atomic E-state index is 0.727. The van der Waals surface area contributed by atoms with Crippen molar-refractivity contribution >= 4 is 27.4 Å². The van der Waals surface area contributed by atoms with Crippen molar-refractivity contribution in [1.29, 1.82) is 0 Å². The molecule has 0 aliphatic carbocycles. The summed E-state index contributed by atoms with van der Waals surface area (Å²) < 4.78 is 1.88. The van der Waals surface area contributed by atoms with Crippen LogP contribution in [-0.4, -0.2) is 19.7 Å². The first-order chi connectivity index (χ1) is 9.69. The van der Waals surface area contributed by atoms with Gasteiger partial charge in [-0.3, -0.25) is 4.68 Å². The van der Waals surface area contributed by atoms with E-state index in [1.54, 1.807) is 11.3 Å². The van der Waals surface area contributed by atoms with Gasteiger partial charge in [0, 0.05) is 31.3 Å². The van der Waals surface area contributed by atoms with Crippen molar-refractivity contribution in [3.8, 4) is 0 Å². The summed E-state index contributed by atoms with van der Waals surface area (Å²) >= 11 is 1.65. The third-order valence-electron chi connectivity index (χ3n) is 3.47. The largest absolute Gasteiger partial charge is 0.365 e. The molecule has 0 bridgehead atoms. The number of hydrogen-bond donors (Lipinski definition) is 1. The van der Waals surface area contributed by atoms with E-state index >= 15 is 0 Å². The van der Waals surface area contributed by atoms with Gasteiger partial charge in [-0.1, -0.05) is 6.92 Å². The molecule has 0 aliphatic rings.